The van der Waals surface area contributed by atoms with E-state index in [4.69, 9.17) is 19.9 Å². The Bertz CT molecular complexity index is 3660. The minimum atomic E-state index is 0.617. The van der Waals surface area contributed by atoms with Crippen molar-refractivity contribution in [3.05, 3.63) is 218 Å². The van der Waals surface area contributed by atoms with Crippen molar-refractivity contribution in [1.82, 2.24) is 19.9 Å². The largest absolute Gasteiger partial charge is 0.247 e. The maximum Gasteiger partial charge on any atom is 0.164 e. The first-order valence-corrected chi connectivity index (χ1v) is 21.9. The van der Waals surface area contributed by atoms with Gasteiger partial charge in [-0.05, 0) is 57.6 Å². The molecule has 0 spiro atoms. The van der Waals surface area contributed by atoms with Crippen LogP contribution in [0.3, 0.4) is 0 Å². The van der Waals surface area contributed by atoms with Crippen LogP contribution < -0.4 is 0 Å². The number of fused-ring (bicyclic) bond motifs is 6. The van der Waals surface area contributed by atoms with E-state index in [0.29, 0.717) is 17.5 Å². The van der Waals surface area contributed by atoms with Crippen LogP contribution in [0.5, 0.6) is 0 Å². The zero-order chi connectivity index (χ0) is 41.7. The molecule has 12 rings (SSSR count). The molecular weight excluding hydrogens is 785 g/mol. The number of hydrogen-bond acceptors (Lipinski definition) is 5. The fourth-order valence-electron chi connectivity index (χ4n) is 8.87. The van der Waals surface area contributed by atoms with Crippen molar-refractivity contribution in [2.45, 2.75) is 0 Å². The van der Waals surface area contributed by atoms with Gasteiger partial charge in [0.15, 0.2) is 17.5 Å². The summed E-state index contributed by atoms with van der Waals surface area (Å²) in [5.41, 5.74) is 12.7. The lowest BCUT2D eigenvalue weighted by Crippen LogP contribution is -2.00. The van der Waals surface area contributed by atoms with Crippen molar-refractivity contribution >= 4 is 53.2 Å². The van der Waals surface area contributed by atoms with Crippen LogP contribution in [0.2, 0.25) is 0 Å². The Balaban J connectivity index is 0.969. The maximum atomic E-state index is 5.30. The van der Waals surface area contributed by atoms with Gasteiger partial charge in [-0.2, -0.15) is 0 Å². The summed E-state index contributed by atoms with van der Waals surface area (Å²) in [5.74, 6) is 1.87. The molecule has 0 radical (unpaired) electrons. The molecule has 3 aromatic heterocycles. The fourth-order valence-corrected chi connectivity index (χ4v) is 10.1. The average Bonchev–Trinajstić information content (AvgIpc) is 3.76. The number of aromatic nitrogens is 4. The Morgan fingerprint density at radius 3 is 1.52 bits per heavy atom. The van der Waals surface area contributed by atoms with E-state index in [2.05, 4.69) is 200 Å². The molecule has 294 valence electrons. The number of rotatable bonds is 7. The molecule has 0 aliphatic rings. The molecule has 5 heteroatoms. The number of thiophene rings is 1. The monoisotopic (exact) mass is 820 g/mol. The summed E-state index contributed by atoms with van der Waals surface area (Å²) >= 11 is 1.85. The summed E-state index contributed by atoms with van der Waals surface area (Å²) in [4.78, 5) is 20.6. The molecule has 0 saturated heterocycles. The van der Waals surface area contributed by atoms with E-state index in [1.165, 1.54) is 42.2 Å². The van der Waals surface area contributed by atoms with Gasteiger partial charge in [0.1, 0.15) is 0 Å². The first-order valence-electron chi connectivity index (χ1n) is 21.1. The summed E-state index contributed by atoms with van der Waals surface area (Å²) in [7, 11) is 0. The van der Waals surface area contributed by atoms with Crippen LogP contribution in [0, 0.1) is 0 Å². The van der Waals surface area contributed by atoms with Gasteiger partial charge in [-0.1, -0.05) is 194 Å². The van der Waals surface area contributed by atoms with Gasteiger partial charge in [0.25, 0.3) is 0 Å². The zero-order valence-electron chi connectivity index (χ0n) is 34.0. The molecule has 3 heterocycles. The SMILES string of the molecule is c1ccc(-c2nc(-c3ccc(-c4cccc5c4sc4ccccc45)cc3)nc(-c3cccc(-c4ccc5nc(-c6ccccc6)c6cccc(-c7ccccc7)c6c5c4)c3)n2)cc1. The van der Waals surface area contributed by atoms with Gasteiger partial charge in [-0.25, -0.2) is 19.9 Å². The van der Waals surface area contributed by atoms with E-state index in [1.807, 2.05) is 29.5 Å². The van der Waals surface area contributed by atoms with E-state index < -0.39 is 0 Å². The second-order valence-electron chi connectivity index (χ2n) is 15.8. The van der Waals surface area contributed by atoms with Crippen LogP contribution in [0.1, 0.15) is 0 Å². The number of hydrogen-bond donors (Lipinski definition) is 0. The molecule has 0 N–H and O–H groups in total. The third-order valence-corrected chi connectivity index (χ3v) is 13.1. The highest BCUT2D eigenvalue weighted by molar-refractivity contribution is 7.26. The number of nitrogens with zero attached hydrogens (tertiary/aromatic N) is 4. The predicted octanol–water partition coefficient (Wildman–Crippen LogP) is 15.6. The van der Waals surface area contributed by atoms with Crippen LogP contribution in [-0.4, -0.2) is 19.9 Å². The van der Waals surface area contributed by atoms with Gasteiger partial charge >= 0.3 is 0 Å². The van der Waals surface area contributed by atoms with Crippen molar-refractivity contribution in [2.75, 3.05) is 0 Å². The summed E-state index contributed by atoms with van der Waals surface area (Å²) in [5, 5.41) is 6.00. The second kappa shape index (κ2) is 15.4. The zero-order valence-corrected chi connectivity index (χ0v) is 34.8. The molecule has 4 nitrogen and oxygen atoms in total. The van der Waals surface area contributed by atoms with E-state index in [-0.39, 0.29) is 0 Å². The van der Waals surface area contributed by atoms with Crippen molar-refractivity contribution in [3.63, 3.8) is 0 Å². The molecule has 0 aliphatic carbocycles. The van der Waals surface area contributed by atoms with Gasteiger partial charge in [-0.15, -0.1) is 11.3 Å². The second-order valence-corrected chi connectivity index (χ2v) is 16.8. The summed E-state index contributed by atoms with van der Waals surface area (Å²) < 4.78 is 2.59. The third-order valence-electron chi connectivity index (χ3n) is 11.9. The van der Waals surface area contributed by atoms with Crippen LogP contribution in [0.25, 0.3) is 121 Å². The Hall–Kier alpha value is -8.12. The smallest absolute Gasteiger partial charge is 0.164 e. The van der Waals surface area contributed by atoms with Crippen LogP contribution in [-0.2, 0) is 0 Å². The first-order chi connectivity index (χ1) is 31.2. The lowest BCUT2D eigenvalue weighted by atomic mass is 9.91. The summed E-state index contributed by atoms with van der Waals surface area (Å²) in [6.07, 6.45) is 0. The first kappa shape index (κ1) is 36.7. The van der Waals surface area contributed by atoms with Gasteiger partial charge in [0.05, 0.1) is 11.2 Å². The van der Waals surface area contributed by atoms with Crippen LogP contribution in [0.4, 0.5) is 0 Å². The summed E-state index contributed by atoms with van der Waals surface area (Å²) in [6.45, 7) is 0. The molecule has 63 heavy (non-hydrogen) atoms. The van der Waals surface area contributed by atoms with Gasteiger partial charge < -0.3 is 0 Å². The third kappa shape index (κ3) is 6.63. The molecule has 9 aromatic carbocycles. The Morgan fingerprint density at radius 1 is 0.286 bits per heavy atom. The molecular formula is C58H36N4S. The van der Waals surface area contributed by atoms with Gasteiger partial charge in [0.2, 0.25) is 0 Å². The standard InChI is InChI=1S/C58H36N4S/c1-4-15-37(16-5-1)45-24-13-27-49-53(45)50-36-43(33-34-51(50)59-54(49)39-17-6-2-7-18-39)42-21-12-22-44(35-42)58-61-56(40-19-8-3-9-20-40)60-57(62-58)41-31-29-38(30-32-41)46-25-14-26-48-47-23-10-11-28-52(47)63-55(46)48/h1-36H. The number of pyridine rings is 1. The van der Waals surface area contributed by atoms with Crippen molar-refractivity contribution in [3.8, 4) is 78.8 Å². The molecule has 0 fully saturated rings. The molecule has 0 aliphatic heterocycles. The molecule has 0 saturated carbocycles. The van der Waals surface area contributed by atoms with E-state index >= 15 is 0 Å². The Morgan fingerprint density at radius 2 is 0.778 bits per heavy atom. The van der Waals surface area contributed by atoms with E-state index in [9.17, 15) is 0 Å². The molecule has 0 unspecified atom stereocenters. The van der Waals surface area contributed by atoms with Crippen molar-refractivity contribution < 1.29 is 0 Å². The highest BCUT2D eigenvalue weighted by Gasteiger charge is 2.18. The summed E-state index contributed by atoms with van der Waals surface area (Å²) in [6, 6.07) is 76.9. The predicted molar refractivity (Wildman–Crippen MR) is 264 cm³/mol. The minimum Gasteiger partial charge on any atom is -0.247 e. The molecule has 0 atom stereocenters. The number of benzene rings is 9. The Labute approximate surface area is 368 Å². The van der Waals surface area contributed by atoms with Gasteiger partial charge in [0, 0.05) is 58.6 Å². The van der Waals surface area contributed by atoms with E-state index in [0.717, 1.165) is 60.9 Å². The molecule has 0 amide bonds. The highest BCUT2D eigenvalue weighted by atomic mass is 32.1. The molecule has 12 aromatic rings. The van der Waals surface area contributed by atoms with Crippen molar-refractivity contribution in [1.29, 1.82) is 0 Å². The van der Waals surface area contributed by atoms with Crippen LogP contribution >= 0.6 is 11.3 Å². The van der Waals surface area contributed by atoms with Crippen molar-refractivity contribution in [2.24, 2.45) is 0 Å². The maximum absolute atomic E-state index is 5.30. The van der Waals surface area contributed by atoms with Crippen LogP contribution in [0.15, 0.2) is 218 Å². The lowest BCUT2D eigenvalue weighted by Gasteiger charge is -2.15. The lowest BCUT2D eigenvalue weighted by molar-refractivity contribution is 1.07. The topological polar surface area (TPSA) is 51.6 Å². The quantitative estimate of drug-likeness (QED) is 0.150. The Kier molecular flexibility index (Phi) is 8.98. The van der Waals surface area contributed by atoms with Gasteiger partial charge in [-0.3, -0.25) is 0 Å². The average molecular weight is 821 g/mol. The van der Waals surface area contributed by atoms with E-state index in [1.54, 1.807) is 0 Å². The minimum absolute atomic E-state index is 0.617. The highest BCUT2D eigenvalue weighted by Crippen LogP contribution is 2.42. The molecule has 0 bridgehead atoms. The normalized spacial score (nSPS) is 11.5. The fraction of sp³-hybridized carbons (Fsp3) is 0.